The zero-order valence-corrected chi connectivity index (χ0v) is 21.5. The first-order chi connectivity index (χ1) is 16.1. The monoisotopic (exact) mass is 509 g/mol. The van der Waals surface area contributed by atoms with Gasteiger partial charge in [0, 0.05) is 18.1 Å². The molecular weight excluding hydrogens is 478 g/mol. The molecule has 10 heteroatoms. The van der Waals surface area contributed by atoms with E-state index in [1.807, 2.05) is 6.92 Å². The minimum Gasteiger partial charge on any atom is -0.497 e. The minimum atomic E-state index is -3.80. The van der Waals surface area contributed by atoms with Crippen molar-refractivity contribution in [2.24, 2.45) is 0 Å². The second-order valence-electron chi connectivity index (χ2n) is 7.94. The summed E-state index contributed by atoms with van der Waals surface area (Å²) in [6, 6.07) is 12.6. The fourth-order valence-corrected chi connectivity index (χ4v) is 4.32. The summed E-state index contributed by atoms with van der Waals surface area (Å²) < 4.78 is 31.2. The van der Waals surface area contributed by atoms with Crippen LogP contribution in [0.1, 0.15) is 32.3 Å². The Morgan fingerprint density at radius 2 is 1.82 bits per heavy atom. The lowest BCUT2D eigenvalue weighted by Gasteiger charge is -2.31. The van der Waals surface area contributed by atoms with Gasteiger partial charge >= 0.3 is 0 Å². The van der Waals surface area contributed by atoms with Crippen molar-refractivity contribution >= 4 is 39.1 Å². The molecule has 1 atom stereocenters. The van der Waals surface area contributed by atoms with Gasteiger partial charge in [-0.05, 0) is 49.2 Å². The van der Waals surface area contributed by atoms with Crippen LogP contribution in [0.15, 0.2) is 48.5 Å². The van der Waals surface area contributed by atoms with Gasteiger partial charge in [0.2, 0.25) is 21.8 Å². The van der Waals surface area contributed by atoms with Crippen LogP contribution < -0.4 is 14.4 Å². The Labute approximate surface area is 206 Å². The maximum atomic E-state index is 13.4. The highest BCUT2D eigenvalue weighted by Gasteiger charge is 2.30. The van der Waals surface area contributed by atoms with Crippen LogP contribution in [0, 0.1) is 0 Å². The first-order valence-electron chi connectivity index (χ1n) is 11.0. The molecule has 0 aromatic heterocycles. The first-order valence-corrected chi connectivity index (χ1v) is 13.2. The number of sulfonamides is 1. The zero-order chi connectivity index (χ0) is 25.3. The SMILES string of the molecule is CCCCNC(=O)[C@H](C)N(Cc1ccc(OC)cc1)C(=O)CN(c1cccc(Cl)c1)S(C)(=O)=O. The number of halogens is 1. The van der Waals surface area contributed by atoms with E-state index in [0.717, 1.165) is 29.0 Å². The summed E-state index contributed by atoms with van der Waals surface area (Å²) in [5.74, 6) is -0.153. The third-order valence-corrected chi connectivity index (χ3v) is 6.66. The lowest BCUT2D eigenvalue weighted by Crippen LogP contribution is -2.51. The van der Waals surface area contributed by atoms with Gasteiger partial charge in [-0.15, -0.1) is 0 Å². The number of unbranched alkanes of at least 4 members (excludes halogenated alkanes) is 1. The Balaban J connectivity index is 2.34. The molecule has 0 fully saturated rings. The number of nitrogens with zero attached hydrogens (tertiary/aromatic N) is 2. The molecule has 0 aliphatic heterocycles. The molecule has 0 saturated heterocycles. The normalized spacial score (nSPS) is 12.0. The Morgan fingerprint density at radius 1 is 1.15 bits per heavy atom. The zero-order valence-electron chi connectivity index (χ0n) is 20.0. The number of amides is 2. The second kappa shape index (κ2) is 12.6. The summed E-state index contributed by atoms with van der Waals surface area (Å²) in [5, 5.41) is 3.19. The standard InChI is InChI=1S/C24H32ClN3O5S/c1-5-6-14-26-24(30)18(2)27(16-19-10-12-22(33-3)13-11-19)23(29)17-28(34(4,31)32)21-9-7-8-20(25)15-21/h7-13,15,18H,5-6,14,16-17H2,1-4H3,(H,26,30)/t18-/m0/s1. The van der Waals surface area contributed by atoms with Gasteiger partial charge in [-0.1, -0.05) is 43.1 Å². The molecule has 2 aromatic rings. The highest BCUT2D eigenvalue weighted by Crippen LogP contribution is 2.23. The molecule has 2 aromatic carbocycles. The van der Waals surface area contributed by atoms with E-state index < -0.39 is 28.5 Å². The highest BCUT2D eigenvalue weighted by atomic mass is 35.5. The smallest absolute Gasteiger partial charge is 0.244 e. The van der Waals surface area contributed by atoms with Crippen molar-refractivity contribution in [3.63, 3.8) is 0 Å². The quantitative estimate of drug-likeness (QED) is 0.442. The van der Waals surface area contributed by atoms with Crippen molar-refractivity contribution in [1.29, 1.82) is 0 Å². The van der Waals surface area contributed by atoms with Crippen LogP contribution in [0.5, 0.6) is 5.75 Å². The number of hydrogen-bond donors (Lipinski definition) is 1. The number of carbonyl (C=O) groups is 2. The van der Waals surface area contributed by atoms with Crippen LogP contribution >= 0.6 is 11.6 Å². The van der Waals surface area contributed by atoms with Crippen molar-refractivity contribution in [3.05, 3.63) is 59.1 Å². The van der Waals surface area contributed by atoms with Gasteiger partial charge in [0.05, 0.1) is 19.1 Å². The molecule has 0 aliphatic rings. The average Bonchev–Trinajstić information content (AvgIpc) is 2.80. The minimum absolute atomic E-state index is 0.123. The van der Waals surface area contributed by atoms with E-state index in [0.29, 0.717) is 17.3 Å². The van der Waals surface area contributed by atoms with Gasteiger partial charge in [-0.25, -0.2) is 8.42 Å². The maximum Gasteiger partial charge on any atom is 0.244 e. The molecule has 2 rings (SSSR count). The Morgan fingerprint density at radius 3 is 2.38 bits per heavy atom. The number of ether oxygens (including phenoxy) is 1. The van der Waals surface area contributed by atoms with Crippen LogP contribution in [0.25, 0.3) is 0 Å². The summed E-state index contributed by atoms with van der Waals surface area (Å²) in [7, 11) is -2.24. The van der Waals surface area contributed by atoms with Gasteiger partial charge in [-0.2, -0.15) is 0 Å². The molecule has 0 heterocycles. The van der Waals surface area contributed by atoms with E-state index >= 15 is 0 Å². The predicted molar refractivity (Wildman–Crippen MR) is 135 cm³/mol. The highest BCUT2D eigenvalue weighted by molar-refractivity contribution is 7.92. The summed E-state index contributed by atoms with van der Waals surface area (Å²) in [6.07, 6.45) is 2.77. The Bertz CT molecular complexity index is 1080. The largest absolute Gasteiger partial charge is 0.497 e. The van der Waals surface area contributed by atoms with Crippen molar-refractivity contribution < 1.29 is 22.7 Å². The van der Waals surface area contributed by atoms with Gasteiger partial charge in [-0.3, -0.25) is 13.9 Å². The molecular formula is C24H32ClN3O5S. The van der Waals surface area contributed by atoms with Crippen molar-refractivity contribution in [1.82, 2.24) is 10.2 Å². The first kappa shape index (κ1) is 27.5. The lowest BCUT2D eigenvalue weighted by molar-refractivity contribution is -0.139. The van der Waals surface area contributed by atoms with E-state index in [1.54, 1.807) is 56.5 Å². The van der Waals surface area contributed by atoms with Crippen molar-refractivity contribution in [3.8, 4) is 5.75 Å². The third kappa shape index (κ3) is 7.92. The summed E-state index contributed by atoms with van der Waals surface area (Å²) in [5.41, 5.74) is 1.05. The molecule has 1 N–H and O–H groups in total. The average molecular weight is 510 g/mol. The predicted octanol–water partition coefficient (Wildman–Crippen LogP) is 3.45. The molecule has 0 unspecified atom stereocenters. The van der Waals surface area contributed by atoms with Crippen LogP contribution in [-0.2, 0) is 26.2 Å². The van der Waals surface area contributed by atoms with E-state index in [9.17, 15) is 18.0 Å². The number of methoxy groups -OCH3 is 1. The maximum absolute atomic E-state index is 13.4. The fourth-order valence-electron chi connectivity index (χ4n) is 3.29. The number of anilines is 1. The van der Waals surface area contributed by atoms with Gasteiger partial charge in [0.15, 0.2) is 0 Å². The summed E-state index contributed by atoms with van der Waals surface area (Å²) >= 11 is 6.04. The molecule has 2 amide bonds. The number of nitrogens with one attached hydrogen (secondary N) is 1. The number of rotatable bonds is 12. The molecule has 186 valence electrons. The van der Waals surface area contributed by atoms with Crippen molar-refractivity contribution in [2.45, 2.75) is 39.3 Å². The van der Waals surface area contributed by atoms with E-state index in [1.165, 1.54) is 11.0 Å². The van der Waals surface area contributed by atoms with Crippen LogP contribution in [0.2, 0.25) is 5.02 Å². The van der Waals surface area contributed by atoms with Gasteiger partial charge < -0.3 is 15.0 Å². The van der Waals surface area contributed by atoms with E-state index in [2.05, 4.69) is 5.32 Å². The molecule has 0 radical (unpaired) electrons. The van der Waals surface area contributed by atoms with E-state index in [-0.39, 0.29) is 18.1 Å². The molecule has 8 nitrogen and oxygen atoms in total. The van der Waals surface area contributed by atoms with Gasteiger partial charge in [0.25, 0.3) is 0 Å². The van der Waals surface area contributed by atoms with Crippen molar-refractivity contribution in [2.75, 3.05) is 30.8 Å². The second-order valence-corrected chi connectivity index (χ2v) is 10.3. The number of benzene rings is 2. The summed E-state index contributed by atoms with van der Waals surface area (Å²) in [6.45, 7) is 3.81. The third-order valence-electron chi connectivity index (χ3n) is 5.28. The molecule has 0 saturated carbocycles. The lowest BCUT2D eigenvalue weighted by atomic mass is 10.1. The molecule has 0 spiro atoms. The molecule has 0 aliphatic carbocycles. The van der Waals surface area contributed by atoms with Crippen LogP contribution in [-0.4, -0.2) is 57.6 Å². The van der Waals surface area contributed by atoms with Gasteiger partial charge in [0.1, 0.15) is 18.3 Å². The topological polar surface area (TPSA) is 96.0 Å². The fraction of sp³-hybridized carbons (Fsp3) is 0.417. The Hall–Kier alpha value is -2.78. The Kier molecular flexibility index (Phi) is 10.2. The summed E-state index contributed by atoms with van der Waals surface area (Å²) in [4.78, 5) is 27.6. The van der Waals surface area contributed by atoms with E-state index in [4.69, 9.17) is 16.3 Å². The van der Waals surface area contributed by atoms with Crippen LogP contribution in [0.3, 0.4) is 0 Å². The molecule has 0 bridgehead atoms. The molecule has 34 heavy (non-hydrogen) atoms. The number of hydrogen-bond acceptors (Lipinski definition) is 5. The number of carbonyl (C=O) groups excluding carboxylic acids is 2. The van der Waals surface area contributed by atoms with Crippen LogP contribution in [0.4, 0.5) is 5.69 Å².